The van der Waals surface area contributed by atoms with Gasteiger partial charge in [-0.1, -0.05) is 20.3 Å². The van der Waals surface area contributed by atoms with E-state index < -0.39 is 0 Å². The van der Waals surface area contributed by atoms with Gasteiger partial charge in [-0.15, -0.1) is 0 Å². The zero-order chi connectivity index (χ0) is 13.2. The van der Waals surface area contributed by atoms with Crippen molar-refractivity contribution >= 4 is 5.91 Å². The minimum atomic E-state index is -0.258. The maximum Gasteiger partial charge on any atom is 0.227 e. The highest BCUT2D eigenvalue weighted by molar-refractivity contribution is 5.83. The van der Waals surface area contributed by atoms with Crippen LogP contribution in [0.2, 0.25) is 0 Å². The van der Waals surface area contributed by atoms with E-state index in [4.69, 9.17) is 5.73 Å². The molecule has 0 bridgehead atoms. The minimum absolute atomic E-state index is 0.237. The number of carbonyl (C=O) groups excluding carboxylic acids is 1. The third kappa shape index (κ3) is 2.87. The third-order valence-corrected chi connectivity index (χ3v) is 5.00. The molecule has 2 fully saturated rings. The second-order valence-corrected chi connectivity index (χ2v) is 6.53. The molecule has 0 radical (unpaired) electrons. The van der Waals surface area contributed by atoms with Gasteiger partial charge in [-0.3, -0.25) is 4.79 Å². The number of rotatable bonds is 5. The van der Waals surface area contributed by atoms with E-state index in [1.165, 1.54) is 19.3 Å². The van der Waals surface area contributed by atoms with E-state index in [2.05, 4.69) is 19.2 Å². The molecule has 3 N–H and O–H groups in total. The highest BCUT2D eigenvalue weighted by Crippen LogP contribution is 2.40. The van der Waals surface area contributed by atoms with Gasteiger partial charge in [0.1, 0.15) is 0 Å². The second kappa shape index (κ2) is 5.60. The fourth-order valence-corrected chi connectivity index (χ4v) is 3.27. The summed E-state index contributed by atoms with van der Waals surface area (Å²) in [4.78, 5) is 12.5. The Hall–Kier alpha value is -0.570. The van der Waals surface area contributed by atoms with Crippen LogP contribution < -0.4 is 11.1 Å². The van der Waals surface area contributed by atoms with Crippen LogP contribution in [0, 0.1) is 17.3 Å². The van der Waals surface area contributed by atoms with Crippen molar-refractivity contribution in [3.8, 4) is 0 Å². The van der Waals surface area contributed by atoms with Gasteiger partial charge in [0.15, 0.2) is 0 Å². The number of amides is 1. The molecule has 0 heterocycles. The van der Waals surface area contributed by atoms with Crippen LogP contribution in [-0.2, 0) is 4.79 Å². The summed E-state index contributed by atoms with van der Waals surface area (Å²) in [6.07, 6.45) is 7.88. The summed E-state index contributed by atoms with van der Waals surface area (Å²) in [6.45, 7) is 4.99. The fourth-order valence-electron chi connectivity index (χ4n) is 3.27. The van der Waals surface area contributed by atoms with Crippen LogP contribution in [0.1, 0.15) is 58.8 Å². The molecule has 3 nitrogen and oxygen atoms in total. The fraction of sp³-hybridized carbons (Fsp3) is 0.933. The molecule has 3 heteroatoms. The van der Waals surface area contributed by atoms with E-state index >= 15 is 0 Å². The number of nitrogens with one attached hydrogen (secondary N) is 1. The Morgan fingerprint density at radius 3 is 2.61 bits per heavy atom. The van der Waals surface area contributed by atoms with Crippen LogP contribution in [0.5, 0.6) is 0 Å². The molecule has 0 aromatic carbocycles. The van der Waals surface area contributed by atoms with Gasteiger partial charge in [0, 0.05) is 12.6 Å². The van der Waals surface area contributed by atoms with Crippen LogP contribution in [0.25, 0.3) is 0 Å². The topological polar surface area (TPSA) is 55.1 Å². The number of hydrogen-bond acceptors (Lipinski definition) is 2. The first-order chi connectivity index (χ1) is 8.61. The van der Waals surface area contributed by atoms with Crippen LogP contribution in [0.15, 0.2) is 0 Å². The molecule has 2 atom stereocenters. The van der Waals surface area contributed by atoms with Crippen molar-refractivity contribution < 1.29 is 4.79 Å². The van der Waals surface area contributed by atoms with Crippen molar-refractivity contribution in [2.45, 2.75) is 64.8 Å². The molecule has 2 aliphatic rings. The van der Waals surface area contributed by atoms with Gasteiger partial charge in [0.25, 0.3) is 0 Å². The first-order valence-corrected chi connectivity index (χ1v) is 7.62. The summed E-state index contributed by atoms with van der Waals surface area (Å²) in [5.41, 5.74) is 5.66. The molecule has 2 rings (SSSR count). The largest absolute Gasteiger partial charge is 0.353 e. The highest BCUT2D eigenvalue weighted by Gasteiger charge is 2.44. The third-order valence-electron chi connectivity index (χ3n) is 5.00. The molecule has 1 amide bonds. The number of carbonyl (C=O) groups is 1. The minimum Gasteiger partial charge on any atom is -0.353 e. The zero-order valence-corrected chi connectivity index (χ0v) is 11.9. The number of hydrogen-bond donors (Lipinski definition) is 2. The molecular weight excluding hydrogens is 224 g/mol. The second-order valence-electron chi connectivity index (χ2n) is 6.53. The summed E-state index contributed by atoms with van der Waals surface area (Å²) < 4.78 is 0. The molecule has 0 saturated heterocycles. The molecule has 2 saturated carbocycles. The summed E-state index contributed by atoms with van der Waals surface area (Å²) in [5, 5.41) is 3.25. The number of nitrogens with two attached hydrogens (primary N) is 1. The van der Waals surface area contributed by atoms with Crippen molar-refractivity contribution in [3.63, 3.8) is 0 Å². The van der Waals surface area contributed by atoms with Gasteiger partial charge < -0.3 is 11.1 Å². The smallest absolute Gasteiger partial charge is 0.227 e. The van der Waals surface area contributed by atoms with E-state index in [1.54, 1.807) is 0 Å². The van der Waals surface area contributed by atoms with Gasteiger partial charge in [0.2, 0.25) is 5.91 Å². The standard InChI is InChI=1S/C15H28N2O/c1-3-4-12-9-13(12)17-14(18)15(10-16)7-5-11(2)6-8-15/h11-13H,3-10,16H2,1-2H3,(H,17,18). The first-order valence-electron chi connectivity index (χ1n) is 7.62. The Bertz CT molecular complexity index is 295. The van der Waals surface area contributed by atoms with Gasteiger partial charge in [-0.05, 0) is 50.4 Å². The molecule has 0 spiro atoms. The van der Waals surface area contributed by atoms with Crippen molar-refractivity contribution in [2.24, 2.45) is 23.0 Å². The lowest BCUT2D eigenvalue weighted by atomic mass is 9.70. The maximum atomic E-state index is 12.5. The monoisotopic (exact) mass is 252 g/mol. The normalized spacial score (nSPS) is 39.4. The molecule has 2 unspecified atom stereocenters. The van der Waals surface area contributed by atoms with Crippen LogP contribution >= 0.6 is 0 Å². The SMILES string of the molecule is CCCC1CC1NC(=O)C1(CN)CCC(C)CC1. The molecule has 0 aromatic heterocycles. The van der Waals surface area contributed by atoms with E-state index in [0.717, 1.165) is 37.5 Å². The summed E-state index contributed by atoms with van der Waals surface area (Å²) in [6, 6.07) is 0.445. The van der Waals surface area contributed by atoms with Gasteiger partial charge in [0.05, 0.1) is 5.41 Å². The van der Waals surface area contributed by atoms with Gasteiger partial charge in [-0.2, -0.15) is 0 Å². The quantitative estimate of drug-likeness (QED) is 0.789. The van der Waals surface area contributed by atoms with Crippen molar-refractivity contribution in [2.75, 3.05) is 6.54 Å². The van der Waals surface area contributed by atoms with E-state index in [9.17, 15) is 4.79 Å². The molecule has 18 heavy (non-hydrogen) atoms. The average molecular weight is 252 g/mol. The van der Waals surface area contributed by atoms with Gasteiger partial charge >= 0.3 is 0 Å². The van der Waals surface area contributed by atoms with Crippen molar-refractivity contribution in [1.82, 2.24) is 5.32 Å². The lowest BCUT2D eigenvalue weighted by Gasteiger charge is -2.37. The lowest BCUT2D eigenvalue weighted by Crippen LogP contribution is -2.48. The van der Waals surface area contributed by atoms with Crippen LogP contribution in [0.4, 0.5) is 0 Å². The predicted molar refractivity (Wildman–Crippen MR) is 74.1 cm³/mol. The van der Waals surface area contributed by atoms with E-state index in [-0.39, 0.29) is 11.3 Å². The molecular formula is C15H28N2O. The predicted octanol–water partition coefficient (Wildman–Crippen LogP) is 2.45. The zero-order valence-electron chi connectivity index (χ0n) is 11.9. The summed E-state index contributed by atoms with van der Waals surface area (Å²) >= 11 is 0. The van der Waals surface area contributed by atoms with Crippen molar-refractivity contribution in [1.29, 1.82) is 0 Å². The molecule has 0 aromatic rings. The first kappa shape index (κ1) is 13.9. The van der Waals surface area contributed by atoms with Crippen LogP contribution in [0.3, 0.4) is 0 Å². The Morgan fingerprint density at radius 1 is 1.39 bits per heavy atom. The molecule has 0 aliphatic heterocycles. The van der Waals surface area contributed by atoms with Gasteiger partial charge in [-0.25, -0.2) is 0 Å². The highest BCUT2D eigenvalue weighted by atomic mass is 16.2. The molecule has 104 valence electrons. The Balaban J connectivity index is 1.86. The maximum absolute atomic E-state index is 12.5. The Morgan fingerprint density at radius 2 is 2.06 bits per heavy atom. The van der Waals surface area contributed by atoms with Crippen molar-refractivity contribution in [3.05, 3.63) is 0 Å². The summed E-state index contributed by atoms with van der Waals surface area (Å²) in [7, 11) is 0. The Labute approximate surface area is 111 Å². The van der Waals surface area contributed by atoms with E-state index in [1.807, 2.05) is 0 Å². The van der Waals surface area contributed by atoms with Crippen LogP contribution in [-0.4, -0.2) is 18.5 Å². The average Bonchev–Trinajstić information content (AvgIpc) is 3.09. The Kier molecular flexibility index (Phi) is 4.31. The lowest BCUT2D eigenvalue weighted by molar-refractivity contribution is -0.133. The van der Waals surface area contributed by atoms with E-state index in [0.29, 0.717) is 12.6 Å². The summed E-state index contributed by atoms with van der Waals surface area (Å²) in [5.74, 6) is 1.73. The molecule has 2 aliphatic carbocycles.